The number of aryl methyl sites for hydroxylation is 2. The van der Waals surface area contributed by atoms with E-state index in [9.17, 15) is 8.42 Å². The normalized spacial score (nSPS) is 12.4. The van der Waals surface area contributed by atoms with Crippen molar-refractivity contribution in [3.63, 3.8) is 0 Å². The van der Waals surface area contributed by atoms with E-state index < -0.39 is 10.0 Å². The van der Waals surface area contributed by atoms with E-state index in [1.165, 1.54) is 0 Å². The lowest BCUT2D eigenvalue weighted by Crippen LogP contribution is -2.15. The molecular weight excluding hydrogens is 286 g/mol. The van der Waals surface area contributed by atoms with Crippen molar-refractivity contribution < 1.29 is 8.42 Å². The Kier molecular flexibility index (Phi) is 3.84. The largest absolute Gasteiger partial charge is 0.276 e. The molecule has 5 nitrogen and oxygen atoms in total. The highest BCUT2D eigenvalue weighted by Crippen LogP contribution is 2.24. The van der Waals surface area contributed by atoms with E-state index in [-0.39, 0.29) is 10.3 Å². The second kappa shape index (κ2) is 5.18. The van der Waals surface area contributed by atoms with Crippen LogP contribution in [0.1, 0.15) is 32.0 Å². The number of rotatable bonds is 3. The van der Waals surface area contributed by atoms with Crippen LogP contribution in [0.2, 0.25) is 0 Å². The van der Waals surface area contributed by atoms with Crippen molar-refractivity contribution in [1.29, 1.82) is 0 Å². The standard InChI is InChI=1S/C15H21N3O2S/c1-11-14(10-18(5)16-11)17-21(19,20)13-8-6-12(7-9-13)15(2,3)4/h6-10,17H,1-5H3. The zero-order chi connectivity index (χ0) is 15.8. The number of hydrogen-bond acceptors (Lipinski definition) is 3. The Morgan fingerprint density at radius 3 is 2.14 bits per heavy atom. The highest BCUT2D eigenvalue weighted by molar-refractivity contribution is 7.92. The Balaban J connectivity index is 2.30. The Bertz CT molecular complexity index is 738. The summed E-state index contributed by atoms with van der Waals surface area (Å²) in [4.78, 5) is 0.249. The number of anilines is 1. The number of aromatic nitrogens is 2. The van der Waals surface area contributed by atoms with Crippen LogP contribution in [-0.2, 0) is 22.5 Å². The summed E-state index contributed by atoms with van der Waals surface area (Å²) >= 11 is 0. The SMILES string of the molecule is Cc1nn(C)cc1NS(=O)(=O)c1ccc(C(C)(C)C)cc1. The first-order valence-electron chi connectivity index (χ1n) is 6.73. The molecule has 0 aliphatic rings. The number of nitrogens with one attached hydrogen (secondary N) is 1. The minimum Gasteiger partial charge on any atom is -0.276 e. The van der Waals surface area contributed by atoms with Crippen molar-refractivity contribution in [3.8, 4) is 0 Å². The lowest BCUT2D eigenvalue weighted by Gasteiger charge is -2.19. The Morgan fingerprint density at radius 2 is 1.71 bits per heavy atom. The Morgan fingerprint density at radius 1 is 1.14 bits per heavy atom. The molecule has 0 aliphatic heterocycles. The summed E-state index contributed by atoms with van der Waals surface area (Å²) in [5.74, 6) is 0. The maximum atomic E-state index is 12.4. The van der Waals surface area contributed by atoms with Gasteiger partial charge < -0.3 is 0 Å². The molecule has 0 amide bonds. The van der Waals surface area contributed by atoms with Gasteiger partial charge in [0.15, 0.2) is 0 Å². The van der Waals surface area contributed by atoms with Crippen LogP contribution >= 0.6 is 0 Å². The van der Waals surface area contributed by atoms with Crippen LogP contribution in [0.4, 0.5) is 5.69 Å². The van der Waals surface area contributed by atoms with E-state index in [1.54, 1.807) is 37.0 Å². The van der Waals surface area contributed by atoms with Gasteiger partial charge in [-0.3, -0.25) is 9.40 Å². The van der Waals surface area contributed by atoms with E-state index >= 15 is 0 Å². The molecule has 0 aliphatic carbocycles. The summed E-state index contributed by atoms with van der Waals surface area (Å²) in [6.45, 7) is 8.04. The van der Waals surface area contributed by atoms with Crippen molar-refractivity contribution >= 4 is 15.7 Å². The van der Waals surface area contributed by atoms with Crippen LogP contribution in [0.3, 0.4) is 0 Å². The highest BCUT2D eigenvalue weighted by Gasteiger charge is 2.19. The summed E-state index contributed by atoms with van der Waals surface area (Å²) in [7, 11) is -1.84. The van der Waals surface area contributed by atoms with Crippen molar-refractivity contribution in [1.82, 2.24) is 9.78 Å². The molecule has 21 heavy (non-hydrogen) atoms. The monoisotopic (exact) mass is 307 g/mol. The van der Waals surface area contributed by atoms with Gasteiger partial charge in [0.1, 0.15) is 0 Å². The van der Waals surface area contributed by atoms with Gasteiger partial charge in [-0.05, 0) is 30.0 Å². The van der Waals surface area contributed by atoms with Crippen molar-refractivity contribution in [2.45, 2.75) is 38.0 Å². The molecule has 114 valence electrons. The van der Waals surface area contributed by atoms with E-state index in [1.807, 2.05) is 12.1 Å². The van der Waals surface area contributed by atoms with Gasteiger partial charge >= 0.3 is 0 Å². The first-order chi connectivity index (χ1) is 9.59. The first-order valence-corrected chi connectivity index (χ1v) is 8.21. The quantitative estimate of drug-likeness (QED) is 0.948. The summed E-state index contributed by atoms with van der Waals surface area (Å²) in [5.41, 5.74) is 2.24. The molecule has 0 spiro atoms. The average Bonchev–Trinajstić information content (AvgIpc) is 2.66. The third kappa shape index (κ3) is 3.44. The second-order valence-corrected chi connectivity index (χ2v) is 7.86. The maximum absolute atomic E-state index is 12.4. The molecule has 0 fully saturated rings. The number of sulfonamides is 1. The molecule has 1 N–H and O–H groups in total. The van der Waals surface area contributed by atoms with Crippen molar-refractivity contribution in [3.05, 3.63) is 41.7 Å². The van der Waals surface area contributed by atoms with Gasteiger partial charge in [-0.2, -0.15) is 5.10 Å². The van der Waals surface area contributed by atoms with Gasteiger partial charge in [-0.15, -0.1) is 0 Å². The van der Waals surface area contributed by atoms with Crippen LogP contribution in [-0.4, -0.2) is 18.2 Å². The zero-order valence-corrected chi connectivity index (χ0v) is 13.8. The minimum absolute atomic E-state index is 0.00431. The molecule has 0 saturated heterocycles. The number of hydrogen-bond donors (Lipinski definition) is 1. The van der Waals surface area contributed by atoms with Gasteiger partial charge in [0.2, 0.25) is 0 Å². The van der Waals surface area contributed by atoms with E-state index in [0.29, 0.717) is 11.4 Å². The molecule has 1 aromatic carbocycles. The predicted molar refractivity (Wildman–Crippen MR) is 83.9 cm³/mol. The smallest absolute Gasteiger partial charge is 0.262 e. The third-order valence-electron chi connectivity index (χ3n) is 3.29. The summed E-state index contributed by atoms with van der Waals surface area (Å²) in [6, 6.07) is 6.97. The predicted octanol–water partition coefficient (Wildman–Crippen LogP) is 2.83. The molecule has 0 atom stereocenters. The molecule has 0 unspecified atom stereocenters. The highest BCUT2D eigenvalue weighted by atomic mass is 32.2. The van der Waals surface area contributed by atoms with E-state index in [4.69, 9.17) is 0 Å². The lowest BCUT2D eigenvalue weighted by molar-refractivity contribution is 0.587. The van der Waals surface area contributed by atoms with Crippen LogP contribution in [0, 0.1) is 6.92 Å². The van der Waals surface area contributed by atoms with Crippen LogP contribution in [0.15, 0.2) is 35.4 Å². The van der Waals surface area contributed by atoms with Crippen LogP contribution < -0.4 is 4.72 Å². The molecule has 0 saturated carbocycles. The number of nitrogens with zero attached hydrogens (tertiary/aromatic N) is 2. The van der Waals surface area contributed by atoms with Gasteiger partial charge in [0.25, 0.3) is 10.0 Å². The number of benzene rings is 1. The molecule has 1 aromatic heterocycles. The molecule has 0 bridgehead atoms. The fourth-order valence-electron chi connectivity index (χ4n) is 2.04. The Labute approximate surface area is 126 Å². The summed E-state index contributed by atoms with van der Waals surface area (Å²) in [5, 5.41) is 4.13. The minimum atomic E-state index is -3.59. The summed E-state index contributed by atoms with van der Waals surface area (Å²) in [6.07, 6.45) is 1.65. The molecular formula is C15H21N3O2S. The zero-order valence-electron chi connectivity index (χ0n) is 13.0. The van der Waals surface area contributed by atoms with Crippen LogP contribution in [0.25, 0.3) is 0 Å². The molecule has 1 heterocycles. The van der Waals surface area contributed by atoms with E-state index in [2.05, 4.69) is 30.6 Å². The van der Waals surface area contributed by atoms with Gasteiger partial charge in [0.05, 0.1) is 16.3 Å². The fraction of sp³-hybridized carbons (Fsp3) is 0.400. The Hall–Kier alpha value is -1.82. The molecule has 2 rings (SSSR count). The fourth-order valence-corrected chi connectivity index (χ4v) is 3.14. The third-order valence-corrected chi connectivity index (χ3v) is 4.67. The first kappa shape index (κ1) is 15.6. The average molecular weight is 307 g/mol. The molecule has 0 radical (unpaired) electrons. The van der Waals surface area contributed by atoms with Crippen molar-refractivity contribution in [2.24, 2.45) is 7.05 Å². The second-order valence-electron chi connectivity index (χ2n) is 6.18. The molecule has 6 heteroatoms. The van der Waals surface area contributed by atoms with Gasteiger partial charge in [0, 0.05) is 13.2 Å². The van der Waals surface area contributed by atoms with E-state index in [0.717, 1.165) is 5.56 Å². The lowest BCUT2D eigenvalue weighted by atomic mass is 9.87. The topological polar surface area (TPSA) is 64.0 Å². The van der Waals surface area contributed by atoms with Crippen LogP contribution in [0.5, 0.6) is 0 Å². The summed E-state index contributed by atoms with van der Waals surface area (Å²) < 4.78 is 28.9. The van der Waals surface area contributed by atoms with Gasteiger partial charge in [-0.1, -0.05) is 32.9 Å². The van der Waals surface area contributed by atoms with Crippen molar-refractivity contribution in [2.75, 3.05) is 4.72 Å². The van der Waals surface area contributed by atoms with Gasteiger partial charge in [-0.25, -0.2) is 8.42 Å². The maximum Gasteiger partial charge on any atom is 0.262 e. The molecule has 2 aromatic rings.